The molecule has 0 amide bonds. The number of halogens is 1. The molecule has 4 N–H and O–H groups in total. The highest BCUT2D eigenvalue weighted by atomic mass is 35.5. The van der Waals surface area contributed by atoms with E-state index in [9.17, 15) is 18.3 Å². The van der Waals surface area contributed by atoms with E-state index in [0.29, 0.717) is 27.9 Å². The fourth-order valence-electron chi connectivity index (χ4n) is 3.83. The van der Waals surface area contributed by atoms with Crippen molar-refractivity contribution in [2.75, 3.05) is 10.6 Å². The number of benzene rings is 2. The van der Waals surface area contributed by atoms with Crippen molar-refractivity contribution in [1.82, 2.24) is 14.5 Å². The summed E-state index contributed by atoms with van der Waals surface area (Å²) in [5, 5.41) is 26.3. The Bertz CT molecular complexity index is 1650. The highest BCUT2D eigenvalue weighted by Gasteiger charge is 2.23. The number of anilines is 4. The molecule has 0 spiro atoms. The van der Waals surface area contributed by atoms with Crippen molar-refractivity contribution in [2.45, 2.75) is 50.5 Å². The minimum Gasteiger partial charge on any atom is -0.494 e. The molecule has 0 radical (unpaired) electrons. The second-order valence-electron chi connectivity index (χ2n) is 9.31. The summed E-state index contributed by atoms with van der Waals surface area (Å²) in [7, 11) is -3.59. The number of ether oxygens (including phenoxy) is 1. The summed E-state index contributed by atoms with van der Waals surface area (Å²) < 4.78 is 32.9. The predicted molar refractivity (Wildman–Crippen MR) is 149 cm³/mol. The predicted octanol–water partition coefficient (Wildman–Crippen LogP) is 5.33. The number of sulfone groups is 1. The van der Waals surface area contributed by atoms with Crippen molar-refractivity contribution in [3.05, 3.63) is 53.8 Å². The second-order valence-corrected chi connectivity index (χ2v) is 12.2. The average molecular weight is 574 g/mol. The van der Waals surface area contributed by atoms with Crippen molar-refractivity contribution in [1.29, 1.82) is 0 Å². The normalized spacial score (nSPS) is 11.8. The van der Waals surface area contributed by atoms with Crippen LogP contribution in [0.25, 0.3) is 10.8 Å². The summed E-state index contributed by atoms with van der Waals surface area (Å²) in [6.45, 7) is 6.50. The maximum Gasteiger partial charge on any atom is 0.323 e. The minimum absolute atomic E-state index is 0.114. The first kappa shape index (κ1) is 28.0. The van der Waals surface area contributed by atoms with Gasteiger partial charge < -0.3 is 30.2 Å². The molecule has 2 heterocycles. The molecule has 4 aromatic rings. The van der Waals surface area contributed by atoms with Crippen LogP contribution in [0.4, 0.5) is 23.1 Å². The smallest absolute Gasteiger partial charge is 0.323 e. The first-order valence-corrected chi connectivity index (χ1v) is 13.9. The lowest BCUT2D eigenvalue weighted by molar-refractivity contribution is -0.137. The lowest BCUT2D eigenvalue weighted by Gasteiger charge is -2.17. The van der Waals surface area contributed by atoms with Crippen molar-refractivity contribution in [3.63, 3.8) is 0 Å². The number of carboxylic acids is 1. The SMILES string of the molecule is CC(C)Oc1cc2cn(CC(=O)O)c(O)c2cc1Nc1ncc(Cl)c(Nc2ccccc2S(=O)(=O)C(C)C)n1. The Balaban J connectivity index is 1.73. The van der Waals surface area contributed by atoms with Gasteiger partial charge in [-0.15, -0.1) is 0 Å². The van der Waals surface area contributed by atoms with Gasteiger partial charge in [-0.05, 0) is 52.0 Å². The van der Waals surface area contributed by atoms with Gasteiger partial charge in [-0.1, -0.05) is 23.7 Å². The van der Waals surface area contributed by atoms with E-state index in [1.807, 2.05) is 13.8 Å². The van der Waals surface area contributed by atoms with Gasteiger partial charge in [0.15, 0.2) is 21.5 Å². The van der Waals surface area contributed by atoms with Crippen LogP contribution in [-0.4, -0.2) is 50.5 Å². The lowest BCUT2D eigenvalue weighted by Crippen LogP contribution is -2.15. The van der Waals surface area contributed by atoms with Crippen LogP contribution in [0.3, 0.4) is 0 Å². The van der Waals surface area contributed by atoms with Gasteiger partial charge in [-0.25, -0.2) is 13.4 Å². The molecule has 206 valence electrons. The van der Waals surface area contributed by atoms with E-state index in [-0.39, 0.29) is 33.7 Å². The molecule has 2 aromatic heterocycles. The summed E-state index contributed by atoms with van der Waals surface area (Å²) in [4.78, 5) is 20.0. The van der Waals surface area contributed by atoms with E-state index in [1.54, 1.807) is 44.2 Å². The summed E-state index contributed by atoms with van der Waals surface area (Å²) in [5.41, 5.74) is 0.725. The maximum absolute atomic E-state index is 12.9. The molecule has 0 bridgehead atoms. The number of hydrogen-bond donors (Lipinski definition) is 4. The molecular weight excluding hydrogens is 546 g/mol. The summed E-state index contributed by atoms with van der Waals surface area (Å²) in [6.07, 6.45) is 2.70. The number of aromatic nitrogens is 3. The topological polar surface area (TPSA) is 156 Å². The first-order valence-electron chi connectivity index (χ1n) is 12.0. The number of carboxylic acid groups (broad SMARTS) is 1. The van der Waals surface area contributed by atoms with Crippen LogP contribution in [-0.2, 0) is 21.2 Å². The fourth-order valence-corrected chi connectivity index (χ4v) is 5.17. The molecule has 0 saturated heterocycles. The summed E-state index contributed by atoms with van der Waals surface area (Å²) >= 11 is 6.35. The molecule has 0 saturated carbocycles. The molecule has 2 aromatic carbocycles. The third kappa shape index (κ3) is 6.02. The van der Waals surface area contributed by atoms with Gasteiger partial charge in [-0.3, -0.25) is 4.79 Å². The highest BCUT2D eigenvalue weighted by molar-refractivity contribution is 7.92. The molecule has 0 aliphatic carbocycles. The van der Waals surface area contributed by atoms with Crippen LogP contribution in [0.15, 0.2) is 53.7 Å². The number of fused-ring (bicyclic) bond motifs is 1. The number of nitrogens with zero attached hydrogens (tertiary/aromatic N) is 3. The maximum atomic E-state index is 12.9. The van der Waals surface area contributed by atoms with Crippen molar-refractivity contribution >= 4 is 61.3 Å². The van der Waals surface area contributed by atoms with E-state index >= 15 is 0 Å². The molecule has 0 unspecified atom stereocenters. The van der Waals surface area contributed by atoms with Crippen LogP contribution in [0, 0.1) is 0 Å². The Morgan fingerprint density at radius 3 is 2.51 bits per heavy atom. The van der Waals surface area contributed by atoms with Gasteiger partial charge in [0, 0.05) is 17.0 Å². The molecule has 39 heavy (non-hydrogen) atoms. The molecule has 13 heteroatoms. The zero-order valence-corrected chi connectivity index (χ0v) is 23.2. The molecule has 4 rings (SSSR count). The van der Waals surface area contributed by atoms with Crippen LogP contribution >= 0.6 is 11.6 Å². The molecular formula is C26H28ClN5O6S. The third-order valence-corrected chi connectivity index (χ3v) is 8.17. The fraction of sp³-hybridized carbons (Fsp3) is 0.269. The van der Waals surface area contributed by atoms with Crippen LogP contribution < -0.4 is 15.4 Å². The Morgan fingerprint density at radius 2 is 1.85 bits per heavy atom. The van der Waals surface area contributed by atoms with E-state index in [2.05, 4.69) is 20.6 Å². The monoisotopic (exact) mass is 573 g/mol. The Labute approximate surface area is 230 Å². The van der Waals surface area contributed by atoms with Gasteiger partial charge >= 0.3 is 5.97 Å². The van der Waals surface area contributed by atoms with Gasteiger partial charge in [0.05, 0.1) is 33.8 Å². The van der Waals surface area contributed by atoms with Gasteiger partial charge in [0.1, 0.15) is 17.3 Å². The average Bonchev–Trinajstić information content (AvgIpc) is 3.14. The van der Waals surface area contributed by atoms with Crippen LogP contribution in [0.5, 0.6) is 11.6 Å². The quantitative estimate of drug-likeness (QED) is 0.195. The van der Waals surface area contributed by atoms with Gasteiger partial charge in [0.2, 0.25) is 5.95 Å². The molecule has 11 nitrogen and oxygen atoms in total. The lowest BCUT2D eigenvalue weighted by atomic mass is 10.2. The Kier molecular flexibility index (Phi) is 7.89. The molecule has 0 aliphatic rings. The highest BCUT2D eigenvalue weighted by Crippen LogP contribution is 2.38. The molecule has 0 aliphatic heterocycles. The number of para-hydroxylation sites is 1. The third-order valence-electron chi connectivity index (χ3n) is 5.69. The summed E-state index contributed by atoms with van der Waals surface area (Å²) in [6, 6.07) is 9.76. The number of rotatable bonds is 10. The van der Waals surface area contributed by atoms with E-state index in [1.165, 1.54) is 23.0 Å². The van der Waals surface area contributed by atoms with Crippen LogP contribution in [0.2, 0.25) is 5.02 Å². The number of aromatic hydroxyl groups is 1. The second kappa shape index (κ2) is 11.0. The number of nitrogens with one attached hydrogen (secondary N) is 2. The van der Waals surface area contributed by atoms with E-state index < -0.39 is 27.6 Å². The first-order chi connectivity index (χ1) is 18.4. The van der Waals surface area contributed by atoms with E-state index in [0.717, 1.165) is 0 Å². The van der Waals surface area contributed by atoms with Crippen molar-refractivity contribution < 1.29 is 28.2 Å². The summed E-state index contributed by atoms with van der Waals surface area (Å²) in [5.74, 6) is -0.604. The van der Waals surface area contributed by atoms with Gasteiger partial charge in [0.25, 0.3) is 0 Å². The molecule has 0 fully saturated rings. The van der Waals surface area contributed by atoms with E-state index in [4.69, 9.17) is 21.4 Å². The number of hydrogen-bond acceptors (Lipinski definition) is 9. The van der Waals surface area contributed by atoms with Gasteiger partial charge in [-0.2, -0.15) is 4.98 Å². The number of carbonyl (C=O) groups is 1. The molecule has 0 atom stereocenters. The Morgan fingerprint density at radius 1 is 1.13 bits per heavy atom. The largest absolute Gasteiger partial charge is 0.494 e. The number of aliphatic carboxylic acids is 1. The van der Waals surface area contributed by atoms with Crippen molar-refractivity contribution in [2.24, 2.45) is 0 Å². The Hall–Kier alpha value is -4.03. The van der Waals surface area contributed by atoms with Crippen molar-refractivity contribution in [3.8, 4) is 11.6 Å². The van der Waals surface area contributed by atoms with Crippen LogP contribution in [0.1, 0.15) is 27.7 Å². The zero-order chi connectivity index (χ0) is 28.5. The minimum atomic E-state index is -3.59. The zero-order valence-electron chi connectivity index (χ0n) is 21.6. The standard InChI is InChI=1S/C26H28ClN5O6S/c1-14(2)38-21-9-16-12-32(13-23(33)34)25(35)17(16)10-20(21)30-26-28-11-18(27)24(31-26)29-19-7-5-6-8-22(19)39(36,37)15(3)4/h5-12,14-15,35H,13H2,1-4H3,(H,33,34)(H2,28,29,30,31).